The Morgan fingerprint density at radius 3 is 2.85 bits per heavy atom. The Kier molecular flexibility index (Phi) is 4.17. The smallest absolute Gasteiger partial charge is 0.250 e. The lowest BCUT2D eigenvalue weighted by molar-refractivity contribution is 0.333. The minimum atomic E-state index is -3.32. The maximum atomic E-state index is 12.3. The highest BCUT2D eigenvalue weighted by molar-refractivity contribution is 7.91. The van der Waals surface area contributed by atoms with Crippen molar-refractivity contribution in [3.63, 3.8) is 0 Å². The van der Waals surface area contributed by atoms with Crippen LogP contribution in [0.5, 0.6) is 0 Å². The van der Waals surface area contributed by atoms with Gasteiger partial charge >= 0.3 is 0 Å². The van der Waals surface area contributed by atoms with Crippen molar-refractivity contribution in [3.05, 3.63) is 17.0 Å². The van der Waals surface area contributed by atoms with Crippen molar-refractivity contribution in [2.24, 2.45) is 17.8 Å². The molecule has 2 aliphatic carbocycles. The number of sulfonamides is 1. The summed E-state index contributed by atoms with van der Waals surface area (Å²) in [6, 6.07) is 1.77. The molecule has 0 aliphatic heterocycles. The molecule has 2 fully saturated rings. The lowest BCUT2D eigenvalue weighted by Crippen LogP contribution is -2.31. The second-order valence-electron chi connectivity index (χ2n) is 6.09. The van der Waals surface area contributed by atoms with E-state index in [-0.39, 0.29) is 0 Å². The lowest BCUT2D eigenvalue weighted by Gasteiger charge is -2.21. The average molecular weight is 314 g/mol. The van der Waals surface area contributed by atoms with Crippen molar-refractivity contribution in [3.8, 4) is 0 Å². The molecule has 2 aliphatic rings. The summed E-state index contributed by atoms with van der Waals surface area (Å²) in [6.45, 7) is 1.32. The van der Waals surface area contributed by atoms with E-state index >= 15 is 0 Å². The van der Waals surface area contributed by atoms with Crippen LogP contribution < -0.4 is 10.0 Å². The van der Waals surface area contributed by atoms with Crippen molar-refractivity contribution >= 4 is 21.4 Å². The molecule has 1 heterocycles. The Morgan fingerprint density at radius 1 is 1.35 bits per heavy atom. The van der Waals surface area contributed by atoms with Gasteiger partial charge in [-0.05, 0) is 61.1 Å². The SMILES string of the molecule is CNCc1csc(S(=O)(=O)NCC2CC3CCC2C3)c1. The van der Waals surface area contributed by atoms with Gasteiger partial charge in [-0.3, -0.25) is 0 Å². The maximum Gasteiger partial charge on any atom is 0.250 e. The van der Waals surface area contributed by atoms with Crippen LogP contribution in [-0.4, -0.2) is 22.0 Å². The van der Waals surface area contributed by atoms with Crippen LogP contribution in [-0.2, 0) is 16.6 Å². The number of thiophene rings is 1. The summed E-state index contributed by atoms with van der Waals surface area (Å²) in [5, 5.41) is 4.94. The van der Waals surface area contributed by atoms with E-state index in [4.69, 9.17) is 0 Å². The van der Waals surface area contributed by atoms with Gasteiger partial charge < -0.3 is 5.32 Å². The molecule has 0 spiro atoms. The van der Waals surface area contributed by atoms with Crippen LogP contribution in [0.4, 0.5) is 0 Å². The van der Waals surface area contributed by atoms with Crippen molar-refractivity contribution in [1.82, 2.24) is 10.0 Å². The van der Waals surface area contributed by atoms with Crippen molar-refractivity contribution in [2.75, 3.05) is 13.6 Å². The molecule has 0 saturated heterocycles. The van der Waals surface area contributed by atoms with Gasteiger partial charge in [0.2, 0.25) is 10.0 Å². The van der Waals surface area contributed by atoms with Gasteiger partial charge in [-0.15, -0.1) is 11.3 Å². The molecule has 3 atom stereocenters. The fourth-order valence-corrected chi connectivity index (χ4v) is 6.05. The Morgan fingerprint density at radius 2 is 2.20 bits per heavy atom. The normalized spacial score (nSPS) is 29.1. The summed E-state index contributed by atoms with van der Waals surface area (Å²) in [6.07, 6.45) is 5.18. The third-order valence-electron chi connectivity index (χ3n) is 4.70. The standard InChI is InChI=1S/C14H22N2O2S2/c1-15-7-11-6-14(19-9-11)20(17,18)16-8-13-5-10-2-3-12(13)4-10/h6,9-10,12-13,15-16H,2-5,7-8H2,1H3. The first kappa shape index (κ1) is 14.5. The first-order chi connectivity index (χ1) is 9.58. The van der Waals surface area contributed by atoms with Gasteiger partial charge in [-0.25, -0.2) is 13.1 Å². The minimum Gasteiger partial charge on any atom is -0.316 e. The third kappa shape index (κ3) is 2.93. The molecule has 2 bridgehead atoms. The molecule has 0 radical (unpaired) electrons. The van der Waals surface area contributed by atoms with Gasteiger partial charge in [0, 0.05) is 13.1 Å². The zero-order chi connectivity index (χ0) is 14.2. The van der Waals surface area contributed by atoms with E-state index in [0.717, 1.165) is 17.4 Å². The summed E-state index contributed by atoms with van der Waals surface area (Å²) < 4.78 is 27.8. The predicted octanol–water partition coefficient (Wildman–Crippen LogP) is 2.18. The van der Waals surface area contributed by atoms with Gasteiger partial charge in [0.05, 0.1) is 0 Å². The first-order valence-electron chi connectivity index (χ1n) is 7.30. The number of hydrogen-bond donors (Lipinski definition) is 2. The van der Waals surface area contributed by atoms with E-state index in [9.17, 15) is 8.42 Å². The first-order valence-corrected chi connectivity index (χ1v) is 9.66. The number of hydrogen-bond acceptors (Lipinski definition) is 4. The van der Waals surface area contributed by atoms with E-state index in [2.05, 4.69) is 10.0 Å². The Hall–Kier alpha value is -0.430. The largest absolute Gasteiger partial charge is 0.316 e. The van der Waals surface area contributed by atoms with E-state index in [1.807, 2.05) is 12.4 Å². The molecule has 2 N–H and O–H groups in total. The predicted molar refractivity (Wildman–Crippen MR) is 81.2 cm³/mol. The van der Waals surface area contributed by atoms with Crippen LogP contribution in [0.3, 0.4) is 0 Å². The van der Waals surface area contributed by atoms with Crippen LogP contribution in [0, 0.1) is 17.8 Å². The van der Waals surface area contributed by atoms with Crippen LogP contribution in [0.1, 0.15) is 31.2 Å². The zero-order valence-electron chi connectivity index (χ0n) is 11.8. The highest BCUT2D eigenvalue weighted by Gasteiger charge is 2.39. The fourth-order valence-electron chi connectivity index (χ4n) is 3.71. The molecule has 2 saturated carbocycles. The molecule has 3 rings (SSSR count). The fraction of sp³-hybridized carbons (Fsp3) is 0.714. The lowest BCUT2D eigenvalue weighted by atomic mass is 9.89. The van der Waals surface area contributed by atoms with Gasteiger partial charge in [0.15, 0.2) is 0 Å². The van der Waals surface area contributed by atoms with Crippen molar-refractivity contribution in [1.29, 1.82) is 0 Å². The summed E-state index contributed by atoms with van der Waals surface area (Å²) in [5.41, 5.74) is 1.03. The Balaban J connectivity index is 1.60. The van der Waals surface area contributed by atoms with Crippen LogP contribution in [0.15, 0.2) is 15.7 Å². The third-order valence-corrected chi connectivity index (χ3v) is 7.61. The second kappa shape index (κ2) is 5.75. The molecule has 112 valence electrons. The molecule has 1 aromatic heterocycles. The molecule has 20 heavy (non-hydrogen) atoms. The van der Waals surface area contributed by atoms with Crippen LogP contribution in [0.2, 0.25) is 0 Å². The molecule has 4 nitrogen and oxygen atoms in total. The minimum absolute atomic E-state index is 0.436. The highest BCUT2D eigenvalue weighted by atomic mass is 32.2. The summed E-state index contributed by atoms with van der Waals surface area (Å²) in [7, 11) is -1.46. The van der Waals surface area contributed by atoms with Gasteiger partial charge in [0.1, 0.15) is 4.21 Å². The van der Waals surface area contributed by atoms with E-state index < -0.39 is 10.0 Å². The van der Waals surface area contributed by atoms with E-state index in [1.165, 1.54) is 37.0 Å². The average Bonchev–Trinajstić information content (AvgIpc) is 3.12. The van der Waals surface area contributed by atoms with Gasteiger partial charge in [-0.2, -0.15) is 0 Å². The molecule has 0 aromatic carbocycles. The number of fused-ring (bicyclic) bond motifs is 2. The van der Waals surface area contributed by atoms with Crippen LogP contribution in [0.25, 0.3) is 0 Å². The van der Waals surface area contributed by atoms with Gasteiger partial charge in [0.25, 0.3) is 0 Å². The summed E-state index contributed by atoms with van der Waals surface area (Å²) >= 11 is 1.30. The molecular formula is C14H22N2O2S2. The second-order valence-corrected chi connectivity index (χ2v) is 9.00. The number of rotatable bonds is 6. The topological polar surface area (TPSA) is 58.2 Å². The van der Waals surface area contributed by atoms with Gasteiger partial charge in [-0.1, -0.05) is 6.42 Å². The zero-order valence-corrected chi connectivity index (χ0v) is 13.4. The quantitative estimate of drug-likeness (QED) is 0.846. The van der Waals surface area contributed by atoms with Crippen LogP contribution >= 0.6 is 11.3 Å². The number of nitrogens with one attached hydrogen (secondary N) is 2. The highest BCUT2D eigenvalue weighted by Crippen LogP contribution is 2.48. The maximum absolute atomic E-state index is 12.3. The summed E-state index contributed by atoms with van der Waals surface area (Å²) in [4.78, 5) is 0. The molecule has 3 unspecified atom stereocenters. The van der Waals surface area contributed by atoms with Crippen molar-refractivity contribution in [2.45, 2.75) is 36.4 Å². The molecule has 0 amide bonds. The van der Waals surface area contributed by atoms with E-state index in [1.54, 1.807) is 6.07 Å². The Bertz CT molecular complexity index is 567. The Labute approximate surface area is 125 Å². The molecular weight excluding hydrogens is 292 g/mol. The molecule has 1 aromatic rings. The van der Waals surface area contributed by atoms with Crippen molar-refractivity contribution < 1.29 is 8.42 Å². The molecule has 6 heteroatoms. The summed E-state index contributed by atoms with van der Waals surface area (Å²) in [5.74, 6) is 2.17. The van der Waals surface area contributed by atoms with E-state index in [0.29, 0.717) is 23.2 Å². The monoisotopic (exact) mass is 314 g/mol.